The smallest absolute Gasteiger partial charge is 0.273 e. The number of thioether (sulfide) groups is 1. The van der Waals surface area contributed by atoms with Gasteiger partial charge in [-0.15, -0.1) is 0 Å². The lowest BCUT2D eigenvalue weighted by Gasteiger charge is -2.13. The molecule has 1 aromatic rings. The van der Waals surface area contributed by atoms with Crippen molar-refractivity contribution in [2.75, 3.05) is 18.1 Å². The second kappa shape index (κ2) is 6.26. The fourth-order valence-corrected chi connectivity index (χ4v) is 2.06. The average Bonchev–Trinajstić information content (AvgIpc) is 2.28. The maximum Gasteiger partial charge on any atom is 0.273 e. The molecule has 0 amide bonds. The number of aryl methyl sites for hydroxylation is 1. The Bertz CT molecular complexity index is 426. The van der Waals surface area contributed by atoms with Crippen LogP contribution in [0.3, 0.4) is 0 Å². The van der Waals surface area contributed by atoms with E-state index in [0.29, 0.717) is 10.8 Å². The van der Waals surface area contributed by atoms with Crippen molar-refractivity contribution in [3.63, 3.8) is 0 Å². The number of hydrogen-bond donors (Lipinski definition) is 1. The zero-order valence-corrected chi connectivity index (χ0v) is 12.4. The molecule has 94 valence electrons. The number of nitro groups is 1. The van der Waals surface area contributed by atoms with Crippen LogP contribution in [0.5, 0.6) is 0 Å². The third-order valence-corrected chi connectivity index (χ3v) is 4.09. The van der Waals surface area contributed by atoms with Crippen LogP contribution in [0.2, 0.25) is 0 Å². The molecule has 4 nitrogen and oxygen atoms in total. The van der Waals surface area contributed by atoms with Gasteiger partial charge in [0.2, 0.25) is 0 Å². The van der Waals surface area contributed by atoms with Crippen LogP contribution in [0.1, 0.15) is 12.5 Å². The van der Waals surface area contributed by atoms with Gasteiger partial charge in [0, 0.05) is 33.6 Å². The summed E-state index contributed by atoms with van der Waals surface area (Å²) < 4.78 is 0.725. The third-order valence-electron chi connectivity index (χ3n) is 2.46. The number of nitrogens with zero attached hydrogens (tertiary/aromatic N) is 1. The number of anilines is 1. The molecule has 0 saturated carbocycles. The van der Waals surface area contributed by atoms with Crippen LogP contribution in [-0.4, -0.2) is 23.0 Å². The summed E-state index contributed by atoms with van der Waals surface area (Å²) in [6.07, 6.45) is 2.06. The minimum atomic E-state index is -0.367. The van der Waals surface area contributed by atoms with Crippen molar-refractivity contribution < 1.29 is 4.92 Å². The Morgan fingerprint density at radius 1 is 1.59 bits per heavy atom. The Hall–Kier alpha value is -0.750. The van der Waals surface area contributed by atoms with E-state index in [0.717, 1.165) is 16.7 Å². The van der Waals surface area contributed by atoms with Crippen LogP contribution in [0.4, 0.5) is 11.4 Å². The molecule has 17 heavy (non-hydrogen) atoms. The predicted octanol–water partition coefficient (Wildman–Crippen LogP) is 3.83. The molecule has 6 heteroatoms. The lowest BCUT2D eigenvalue weighted by molar-refractivity contribution is -0.385. The Kier molecular flexibility index (Phi) is 5.27. The number of nitro benzene ring substituents is 1. The van der Waals surface area contributed by atoms with Crippen molar-refractivity contribution in [3.05, 3.63) is 32.3 Å². The van der Waals surface area contributed by atoms with Crippen molar-refractivity contribution in [2.24, 2.45) is 0 Å². The zero-order chi connectivity index (χ0) is 13.0. The van der Waals surface area contributed by atoms with Gasteiger partial charge < -0.3 is 5.32 Å². The monoisotopic (exact) mass is 318 g/mol. The molecule has 0 spiro atoms. The topological polar surface area (TPSA) is 55.2 Å². The van der Waals surface area contributed by atoms with Gasteiger partial charge in [0.05, 0.1) is 4.92 Å². The Labute approximate surface area is 113 Å². The SMILES string of the molecule is CSC(C)CNc1cc(C)c([N+](=O)[O-])cc1Br. The molecule has 0 saturated heterocycles. The van der Waals surface area contributed by atoms with Crippen LogP contribution in [0.15, 0.2) is 16.6 Å². The van der Waals surface area contributed by atoms with Gasteiger partial charge in [-0.1, -0.05) is 6.92 Å². The van der Waals surface area contributed by atoms with Crippen molar-refractivity contribution in [1.29, 1.82) is 0 Å². The largest absolute Gasteiger partial charge is 0.383 e. The van der Waals surface area contributed by atoms with E-state index in [4.69, 9.17) is 0 Å². The number of halogens is 1. The molecule has 0 aliphatic rings. The van der Waals surface area contributed by atoms with Crippen LogP contribution in [0, 0.1) is 17.0 Å². The van der Waals surface area contributed by atoms with Gasteiger partial charge in [0.1, 0.15) is 0 Å². The van der Waals surface area contributed by atoms with Crippen molar-refractivity contribution in [1.82, 2.24) is 0 Å². The van der Waals surface area contributed by atoms with Gasteiger partial charge in [-0.3, -0.25) is 10.1 Å². The van der Waals surface area contributed by atoms with E-state index < -0.39 is 0 Å². The van der Waals surface area contributed by atoms with E-state index in [-0.39, 0.29) is 10.6 Å². The fraction of sp³-hybridized carbons (Fsp3) is 0.455. The zero-order valence-electron chi connectivity index (χ0n) is 9.99. The number of benzene rings is 1. The van der Waals surface area contributed by atoms with Gasteiger partial charge in [0.15, 0.2) is 0 Å². The summed E-state index contributed by atoms with van der Waals surface area (Å²) in [6, 6.07) is 3.34. The minimum Gasteiger partial charge on any atom is -0.383 e. The van der Waals surface area contributed by atoms with Crippen LogP contribution in [-0.2, 0) is 0 Å². The van der Waals surface area contributed by atoms with E-state index in [9.17, 15) is 10.1 Å². The summed E-state index contributed by atoms with van der Waals surface area (Å²) in [5.74, 6) is 0. The first-order valence-corrected chi connectivity index (χ1v) is 7.25. The van der Waals surface area contributed by atoms with Crippen molar-refractivity contribution in [2.45, 2.75) is 19.1 Å². The fourth-order valence-electron chi connectivity index (χ4n) is 1.34. The summed E-state index contributed by atoms with van der Waals surface area (Å²) in [5, 5.41) is 14.5. The van der Waals surface area contributed by atoms with Gasteiger partial charge in [-0.2, -0.15) is 11.8 Å². The Morgan fingerprint density at radius 2 is 2.24 bits per heavy atom. The highest BCUT2D eigenvalue weighted by molar-refractivity contribution is 9.10. The summed E-state index contributed by atoms with van der Waals surface area (Å²) in [7, 11) is 0. The highest BCUT2D eigenvalue weighted by Gasteiger charge is 2.14. The van der Waals surface area contributed by atoms with Crippen molar-refractivity contribution in [3.8, 4) is 0 Å². The average molecular weight is 319 g/mol. The van der Waals surface area contributed by atoms with E-state index >= 15 is 0 Å². The number of rotatable bonds is 5. The lowest BCUT2D eigenvalue weighted by atomic mass is 10.2. The summed E-state index contributed by atoms with van der Waals surface area (Å²) in [5.41, 5.74) is 1.70. The molecular formula is C11H15BrN2O2S. The van der Waals surface area contributed by atoms with Gasteiger partial charge in [-0.05, 0) is 35.2 Å². The molecule has 0 aromatic heterocycles. The number of hydrogen-bond acceptors (Lipinski definition) is 4. The quantitative estimate of drug-likeness (QED) is 0.662. The molecule has 1 rings (SSSR count). The molecule has 1 unspecified atom stereocenters. The molecule has 1 atom stereocenters. The van der Waals surface area contributed by atoms with Crippen LogP contribution >= 0.6 is 27.7 Å². The molecule has 0 aliphatic heterocycles. The van der Waals surface area contributed by atoms with E-state index in [2.05, 4.69) is 34.4 Å². The van der Waals surface area contributed by atoms with E-state index in [1.54, 1.807) is 30.8 Å². The highest BCUT2D eigenvalue weighted by atomic mass is 79.9. The summed E-state index contributed by atoms with van der Waals surface area (Å²) in [6.45, 7) is 4.70. The first-order valence-electron chi connectivity index (χ1n) is 5.17. The minimum absolute atomic E-state index is 0.139. The number of nitrogens with one attached hydrogen (secondary N) is 1. The van der Waals surface area contributed by atoms with Gasteiger partial charge in [0.25, 0.3) is 5.69 Å². The molecule has 1 N–H and O–H groups in total. The summed E-state index contributed by atoms with van der Waals surface area (Å²) in [4.78, 5) is 10.4. The molecule has 0 heterocycles. The summed E-state index contributed by atoms with van der Waals surface area (Å²) >= 11 is 5.12. The normalized spacial score (nSPS) is 12.2. The maximum atomic E-state index is 10.8. The first-order chi connectivity index (χ1) is 7.95. The predicted molar refractivity (Wildman–Crippen MR) is 77.0 cm³/mol. The lowest BCUT2D eigenvalue weighted by Crippen LogP contribution is -2.13. The molecular weight excluding hydrogens is 304 g/mol. The molecule has 1 aromatic carbocycles. The Morgan fingerprint density at radius 3 is 2.76 bits per heavy atom. The molecule has 0 radical (unpaired) electrons. The Balaban J connectivity index is 2.88. The van der Waals surface area contributed by atoms with Crippen LogP contribution < -0.4 is 5.32 Å². The highest BCUT2D eigenvalue weighted by Crippen LogP contribution is 2.30. The maximum absolute atomic E-state index is 10.8. The first kappa shape index (κ1) is 14.3. The van der Waals surface area contributed by atoms with Crippen molar-refractivity contribution >= 4 is 39.1 Å². The van der Waals surface area contributed by atoms with Gasteiger partial charge in [-0.25, -0.2) is 0 Å². The molecule has 0 aliphatic carbocycles. The van der Waals surface area contributed by atoms with E-state index in [1.165, 1.54) is 0 Å². The third kappa shape index (κ3) is 3.89. The second-order valence-corrected chi connectivity index (χ2v) is 5.93. The second-order valence-electron chi connectivity index (χ2n) is 3.80. The van der Waals surface area contributed by atoms with E-state index in [1.807, 2.05) is 0 Å². The van der Waals surface area contributed by atoms with Gasteiger partial charge >= 0.3 is 0 Å². The molecule has 0 fully saturated rings. The standard InChI is InChI=1S/C11H15BrN2O2S/c1-7-4-10(13-6-8(2)17-3)9(12)5-11(7)14(15)16/h4-5,8,13H,6H2,1-3H3. The molecule has 0 bridgehead atoms. The van der Waals surface area contributed by atoms with Crippen LogP contribution in [0.25, 0.3) is 0 Å².